The molecule has 0 amide bonds. The largest absolute Gasteiger partial charge is 0.311 e. The lowest BCUT2D eigenvalue weighted by Crippen LogP contribution is -1.88. The van der Waals surface area contributed by atoms with Crippen LogP contribution in [0.1, 0.15) is 13.8 Å². The third kappa shape index (κ3) is 2.26. The summed E-state index contributed by atoms with van der Waals surface area (Å²) in [7, 11) is 1.60. The first-order valence-electron chi connectivity index (χ1n) is 2.93. The molecule has 0 unspecified atom stereocenters. The van der Waals surface area contributed by atoms with Crippen LogP contribution in [0.4, 0.5) is 4.39 Å². The maximum atomic E-state index is 11.9. The Morgan fingerprint density at radius 3 is 2.22 bits per heavy atom. The molecule has 0 radical (unpaired) electrons. The van der Waals surface area contributed by atoms with E-state index in [2.05, 4.69) is 4.98 Å². The van der Waals surface area contributed by atoms with Crippen LogP contribution >= 0.6 is 0 Å². The SMILES string of the molecule is CC.Cn1ccnc1F. The van der Waals surface area contributed by atoms with Gasteiger partial charge in [0.1, 0.15) is 0 Å². The Hall–Kier alpha value is -0.860. The topological polar surface area (TPSA) is 17.8 Å². The van der Waals surface area contributed by atoms with Crippen LogP contribution in [0.2, 0.25) is 0 Å². The Balaban J connectivity index is 0.000000291. The molecule has 0 spiro atoms. The van der Waals surface area contributed by atoms with Gasteiger partial charge in [-0.2, -0.15) is 4.39 Å². The van der Waals surface area contributed by atoms with Gasteiger partial charge in [-0.3, -0.25) is 0 Å². The van der Waals surface area contributed by atoms with Gasteiger partial charge in [0, 0.05) is 19.4 Å². The maximum absolute atomic E-state index is 11.9. The molecule has 0 bridgehead atoms. The molecular formula is C6H11FN2. The molecule has 0 N–H and O–H groups in total. The van der Waals surface area contributed by atoms with Gasteiger partial charge >= 0.3 is 0 Å². The minimum atomic E-state index is -0.444. The summed E-state index contributed by atoms with van der Waals surface area (Å²) in [5, 5.41) is 0. The van der Waals surface area contributed by atoms with Crippen LogP contribution in [0, 0.1) is 6.08 Å². The van der Waals surface area contributed by atoms with Crippen molar-refractivity contribution in [2.45, 2.75) is 13.8 Å². The monoisotopic (exact) mass is 130 g/mol. The summed E-state index contributed by atoms with van der Waals surface area (Å²) in [6, 6.07) is 0. The lowest BCUT2D eigenvalue weighted by molar-refractivity contribution is 0.500. The van der Waals surface area contributed by atoms with Gasteiger partial charge in [-0.05, 0) is 0 Å². The van der Waals surface area contributed by atoms with E-state index in [9.17, 15) is 4.39 Å². The highest BCUT2D eigenvalue weighted by molar-refractivity contribution is 4.73. The zero-order valence-electron chi connectivity index (χ0n) is 5.93. The summed E-state index contributed by atoms with van der Waals surface area (Å²) in [4.78, 5) is 3.31. The van der Waals surface area contributed by atoms with Crippen molar-refractivity contribution in [3.05, 3.63) is 18.5 Å². The van der Waals surface area contributed by atoms with Crippen molar-refractivity contribution in [1.82, 2.24) is 9.55 Å². The van der Waals surface area contributed by atoms with Crippen molar-refractivity contribution in [2.24, 2.45) is 7.05 Å². The number of aryl methyl sites for hydroxylation is 1. The van der Waals surface area contributed by atoms with E-state index in [4.69, 9.17) is 0 Å². The minimum absolute atomic E-state index is 0.444. The molecule has 0 aliphatic rings. The van der Waals surface area contributed by atoms with E-state index in [1.165, 1.54) is 10.8 Å². The summed E-state index contributed by atoms with van der Waals surface area (Å²) in [5.41, 5.74) is 0. The third-order valence-electron chi connectivity index (χ3n) is 0.762. The normalized spacial score (nSPS) is 8.00. The quantitative estimate of drug-likeness (QED) is 0.521. The molecule has 1 aromatic rings. The molecule has 0 saturated heterocycles. The third-order valence-corrected chi connectivity index (χ3v) is 0.762. The van der Waals surface area contributed by atoms with E-state index in [1.54, 1.807) is 13.2 Å². The Labute approximate surface area is 54.3 Å². The van der Waals surface area contributed by atoms with Gasteiger partial charge in [0.15, 0.2) is 0 Å². The van der Waals surface area contributed by atoms with Crippen molar-refractivity contribution in [3.8, 4) is 0 Å². The first kappa shape index (κ1) is 8.14. The highest BCUT2D eigenvalue weighted by atomic mass is 19.1. The van der Waals surface area contributed by atoms with E-state index in [-0.39, 0.29) is 0 Å². The molecule has 0 fully saturated rings. The molecule has 0 aliphatic heterocycles. The molecule has 0 aromatic carbocycles. The van der Waals surface area contributed by atoms with Gasteiger partial charge in [0.05, 0.1) is 0 Å². The fourth-order valence-electron chi connectivity index (χ4n) is 0.347. The van der Waals surface area contributed by atoms with Gasteiger partial charge in [0.25, 0.3) is 6.08 Å². The second-order valence-electron chi connectivity index (χ2n) is 1.31. The van der Waals surface area contributed by atoms with Crippen molar-refractivity contribution in [2.75, 3.05) is 0 Å². The number of hydrogen-bond acceptors (Lipinski definition) is 1. The van der Waals surface area contributed by atoms with Gasteiger partial charge < -0.3 is 4.57 Å². The second-order valence-corrected chi connectivity index (χ2v) is 1.31. The maximum Gasteiger partial charge on any atom is 0.288 e. The first-order chi connectivity index (χ1) is 4.30. The number of nitrogens with zero attached hydrogens (tertiary/aromatic N) is 2. The molecule has 52 valence electrons. The van der Waals surface area contributed by atoms with Crippen molar-refractivity contribution >= 4 is 0 Å². The zero-order valence-corrected chi connectivity index (χ0v) is 5.93. The van der Waals surface area contributed by atoms with Crippen LogP contribution in [0.25, 0.3) is 0 Å². The first-order valence-corrected chi connectivity index (χ1v) is 2.93. The standard InChI is InChI=1S/C4H5FN2.C2H6/c1-7-3-2-6-4(7)5;1-2/h2-3H,1H3;1-2H3. The van der Waals surface area contributed by atoms with Crippen LogP contribution in [0.5, 0.6) is 0 Å². The smallest absolute Gasteiger partial charge is 0.288 e. The molecule has 1 aromatic heterocycles. The van der Waals surface area contributed by atoms with E-state index in [1.807, 2.05) is 13.8 Å². The Kier molecular flexibility index (Phi) is 3.67. The predicted molar refractivity (Wildman–Crippen MR) is 34.5 cm³/mol. The van der Waals surface area contributed by atoms with Gasteiger partial charge in [-0.1, -0.05) is 13.8 Å². The molecule has 0 saturated carbocycles. The van der Waals surface area contributed by atoms with E-state index < -0.39 is 6.08 Å². The molecule has 0 atom stereocenters. The Bertz CT molecular complexity index is 143. The number of halogens is 1. The number of aromatic nitrogens is 2. The van der Waals surface area contributed by atoms with Gasteiger partial charge in [-0.25, -0.2) is 4.98 Å². The van der Waals surface area contributed by atoms with E-state index in [0.717, 1.165) is 0 Å². The molecular weight excluding hydrogens is 119 g/mol. The lowest BCUT2D eigenvalue weighted by Gasteiger charge is -1.82. The van der Waals surface area contributed by atoms with E-state index >= 15 is 0 Å². The summed E-state index contributed by atoms with van der Waals surface area (Å²) >= 11 is 0. The Morgan fingerprint density at radius 2 is 2.11 bits per heavy atom. The molecule has 3 heteroatoms. The average Bonchev–Trinajstić information content (AvgIpc) is 2.23. The van der Waals surface area contributed by atoms with Crippen LogP contribution in [-0.4, -0.2) is 9.55 Å². The lowest BCUT2D eigenvalue weighted by atomic mass is 10.9. The summed E-state index contributed by atoms with van der Waals surface area (Å²) < 4.78 is 13.2. The summed E-state index contributed by atoms with van der Waals surface area (Å²) in [6.45, 7) is 4.00. The molecule has 0 aliphatic carbocycles. The fourth-order valence-corrected chi connectivity index (χ4v) is 0.347. The van der Waals surface area contributed by atoms with Crippen LogP contribution < -0.4 is 0 Å². The van der Waals surface area contributed by atoms with Gasteiger partial charge in [-0.15, -0.1) is 0 Å². The average molecular weight is 130 g/mol. The molecule has 1 heterocycles. The summed E-state index contributed by atoms with van der Waals surface area (Å²) in [5.74, 6) is 0. The number of imidazole rings is 1. The second kappa shape index (κ2) is 4.06. The summed E-state index contributed by atoms with van der Waals surface area (Å²) in [6.07, 6.45) is 2.52. The fraction of sp³-hybridized carbons (Fsp3) is 0.500. The van der Waals surface area contributed by atoms with Crippen molar-refractivity contribution in [1.29, 1.82) is 0 Å². The zero-order chi connectivity index (χ0) is 7.28. The van der Waals surface area contributed by atoms with Gasteiger partial charge in [0.2, 0.25) is 0 Å². The Morgan fingerprint density at radius 1 is 1.56 bits per heavy atom. The molecule has 9 heavy (non-hydrogen) atoms. The minimum Gasteiger partial charge on any atom is -0.311 e. The highest BCUT2D eigenvalue weighted by Gasteiger charge is 1.89. The number of hydrogen-bond donors (Lipinski definition) is 0. The van der Waals surface area contributed by atoms with Crippen molar-refractivity contribution < 1.29 is 4.39 Å². The van der Waals surface area contributed by atoms with Crippen molar-refractivity contribution in [3.63, 3.8) is 0 Å². The number of rotatable bonds is 0. The molecule has 2 nitrogen and oxygen atoms in total. The molecule has 1 rings (SSSR count). The van der Waals surface area contributed by atoms with E-state index in [0.29, 0.717) is 0 Å². The van der Waals surface area contributed by atoms with Crippen LogP contribution in [0.15, 0.2) is 12.4 Å². The van der Waals surface area contributed by atoms with Crippen LogP contribution in [0.3, 0.4) is 0 Å². The predicted octanol–water partition coefficient (Wildman–Crippen LogP) is 1.59. The van der Waals surface area contributed by atoms with Crippen LogP contribution in [-0.2, 0) is 7.05 Å². The highest BCUT2D eigenvalue weighted by Crippen LogP contribution is 1.86.